The highest BCUT2D eigenvalue weighted by Gasteiger charge is 2.07. The largest absolute Gasteiger partial charge is 0.378 e. The molecule has 0 aromatic heterocycles. The summed E-state index contributed by atoms with van der Waals surface area (Å²) >= 11 is 5.86. The van der Waals surface area contributed by atoms with Crippen LogP contribution < -0.4 is 5.32 Å². The number of aryl methyl sites for hydroxylation is 1. The Kier molecular flexibility index (Phi) is 5.02. The molecule has 1 unspecified atom stereocenters. The van der Waals surface area contributed by atoms with E-state index in [1.807, 2.05) is 6.92 Å². The summed E-state index contributed by atoms with van der Waals surface area (Å²) in [7, 11) is 0. The summed E-state index contributed by atoms with van der Waals surface area (Å²) in [6.45, 7) is 4.22. The van der Waals surface area contributed by atoms with Gasteiger partial charge in [0.05, 0.1) is 0 Å². The number of halogens is 2. The Morgan fingerprint density at radius 2 is 1.85 bits per heavy atom. The van der Waals surface area contributed by atoms with Crippen LogP contribution in [0.3, 0.4) is 0 Å². The minimum Gasteiger partial charge on any atom is -0.378 e. The third kappa shape index (κ3) is 3.97. The molecule has 0 aliphatic carbocycles. The van der Waals surface area contributed by atoms with Crippen molar-refractivity contribution in [2.45, 2.75) is 32.7 Å². The van der Waals surface area contributed by atoms with E-state index in [9.17, 15) is 4.39 Å². The van der Waals surface area contributed by atoms with Crippen LogP contribution in [0.15, 0.2) is 42.5 Å². The minimum atomic E-state index is -0.328. The summed E-state index contributed by atoms with van der Waals surface area (Å²) < 4.78 is 13.3. The molecule has 0 aliphatic rings. The highest BCUT2D eigenvalue weighted by atomic mass is 35.5. The molecule has 20 heavy (non-hydrogen) atoms. The molecule has 2 aromatic rings. The van der Waals surface area contributed by atoms with Crippen molar-refractivity contribution in [2.24, 2.45) is 0 Å². The van der Waals surface area contributed by atoms with Gasteiger partial charge in [-0.2, -0.15) is 0 Å². The lowest BCUT2D eigenvalue weighted by Gasteiger charge is -2.16. The molecule has 0 aliphatic heterocycles. The molecule has 3 heteroatoms. The third-order valence-electron chi connectivity index (χ3n) is 3.26. The Morgan fingerprint density at radius 1 is 1.15 bits per heavy atom. The fraction of sp³-hybridized carbons (Fsp3) is 0.294. The van der Waals surface area contributed by atoms with Crippen LogP contribution >= 0.6 is 11.6 Å². The lowest BCUT2D eigenvalue weighted by molar-refractivity contribution is 0.628. The van der Waals surface area contributed by atoms with Gasteiger partial charge in [-0.15, -0.1) is 0 Å². The van der Waals surface area contributed by atoms with Crippen molar-refractivity contribution >= 4 is 17.3 Å². The molecule has 0 spiro atoms. The van der Waals surface area contributed by atoms with Gasteiger partial charge in [0.15, 0.2) is 0 Å². The van der Waals surface area contributed by atoms with Crippen molar-refractivity contribution in [3.63, 3.8) is 0 Å². The zero-order valence-corrected chi connectivity index (χ0v) is 12.5. The van der Waals surface area contributed by atoms with Gasteiger partial charge < -0.3 is 5.32 Å². The summed E-state index contributed by atoms with van der Waals surface area (Å²) in [6.07, 6.45) is 2.25. The van der Waals surface area contributed by atoms with Gasteiger partial charge in [-0.25, -0.2) is 4.39 Å². The SMILES string of the molecule is CCCc1ccc(C(C)Nc2cc(F)cc(Cl)c2)cc1. The van der Waals surface area contributed by atoms with E-state index in [4.69, 9.17) is 11.6 Å². The predicted molar refractivity (Wildman–Crippen MR) is 83.9 cm³/mol. The van der Waals surface area contributed by atoms with Crippen LogP contribution in [0.2, 0.25) is 5.02 Å². The molecular weight excluding hydrogens is 273 g/mol. The fourth-order valence-corrected chi connectivity index (χ4v) is 2.45. The highest BCUT2D eigenvalue weighted by Crippen LogP contribution is 2.23. The summed E-state index contributed by atoms with van der Waals surface area (Å²) in [5.74, 6) is -0.328. The Labute approximate surface area is 124 Å². The molecule has 0 saturated heterocycles. The number of anilines is 1. The smallest absolute Gasteiger partial charge is 0.126 e. The van der Waals surface area contributed by atoms with Gasteiger partial charge in [0.2, 0.25) is 0 Å². The summed E-state index contributed by atoms with van der Waals surface area (Å²) in [4.78, 5) is 0. The van der Waals surface area contributed by atoms with E-state index >= 15 is 0 Å². The number of nitrogens with one attached hydrogen (secondary N) is 1. The van der Waals surface area contributed by atoms with Gasteiger partial charge >= 0.3 is 0 Å². The van der Waals surface area contributed by atoms with Crippen LogP contribution in [-0.4, -0.2) is 0 Å². The molecule has 0 fully saturated rings. The Morgan fingerprint density at radius 3 is 2.45 bits per heavy atom. The van der Waals surface area contributed by atoms with Crippen LogP contribution in [0.5, 0.6) is 0 Å². The third-order valence-corrected chi connectivity index (χ3v) is 3.48. The average Bonchev–Trinajstić information content (AvgIpc) is 2.38. The molecule has 0 radical (unpaired) electrons. The van der Waals surface area contributed by atoms with Crippen LogP contribution in [0.25, 0.3) is 0 Å². The summed E-state index contributed by atoms with van der Waals surface area (Å²) in [5, 5.41) is 3.67. The van der Waals surface area contributed by atoms with E-state index < -0.39 is 0 Å². The molecule has 106 valence electrons. The maximum atomic E-state index is 13.3. The first-order valence-corrected chi connectivity index (χ1v) is 7.27. The molecule has 1 nitrogen and oxygen atoms in total. The zero-order valence-electron chi connectivity index (χ0n) is 11.8. The van der Waals surface area contributed by atoms with Gasteiger partial charge in [0, 0.05) is 16.8 Å². The quantitative estimate of drug-likeness (QED) is 0.755. The number of hydrogen-bond donors (Lipinski definition) is 1. The lowest BCUT2D eigenvalue weighted by Crippen LogP contribution is -2.06. The van der Waals surface area contributed by atoms with Crippen molar-refractivity contribution in [3.8, 4) is 0 Å². The van der Waals surface area contributed by atoms with Crippen LogP contribution in [-0.2, 0) is 6.42 Å². The molecule has 1 N–H and O–H groups in total. The Bertz CT molecular complexity index is 545. The number of benzene rings is 2. The predicted octanol–water partition coefficient (Wildman–Crippen LogP) is 5.60. The second-order valence-corrected chi connectivity index (χ2v) is 5.45. The molecule has 0 bridgehead atoms. The topological polar surface area (TPSA) is 12.0 Å². The van der Waals surface area contributed by atoms with Gasteiger partial charge in [0.25, 0.3) is 0 Å². The first kappa shape index (κ1) is 14.9. The van der Waals surface area contributed by atoms with Gasteiger partial charge in [-0.3, -0.25) is 0 Å². The van der Waals surface area contributed by atoms with Gasteiger partial charge in [0.1, 0.15) is 5.82 Å². The molecule has 1 atom stereocenters. The van der Waals surface area contributed by atoms with Crippen LogP contribution in [0, 0.1) is 5.82 Å². The lowest BCUT2D eigenvalue weighted by atomic mass is 10.0. The van der Waals surface area contributed by atoms with Crippen LogP contribution in [0.1, 0.15) is 37.4 Å². The summed E-state index contributed by atoms with van der Waals surface area (Å²) in [6, 6.07) is 13.1. The second-order valence-electron chi connectivity index (χ2n) is 5.02. The van der Waals surface area contributed by atoms with E-state index in [1.165, 1.54) is 23.3 Å². The Hall–Kier alpha value is -1.54. The van der Waals surface area contributed by atoms with Crippen molar-refractivity contribution in [2.75, 3.05) is 5.32 Å². The van der Waals surface area contributed by atoms with E-state index in [0.29, 0.717) is 10.7 Å². The standard InChI is InChI=1S/C17H19ClFN/c1-3-4-13-5-7-14(8-6-13)12(2)20-17-10-15(18)9-16(19)11-17/h5-12,20H,3-4H2,1-2H3. The normalized spacial score (nSPS) is 12.2. The van der Waals surface area contributed by atoms with Gasteiger partial charge in [-0.05, 0) is 42.7 Å². The first-order valence-electron chi connectivity index (χ1n) is 6.90. The van der Waals surface area contributed by atoms with Crippen molar-refractivity contribution in [1.29, 1.82) is 0 Å². The monoisotopic (exact) mass is 291 g/mol. The van der Waals surface area contributed by atoms with E-state index in [2.05, 4.69) is 36.5 Å². The number of rotatable bonds is 5. The molecule has 2 rings (SSSR count). The zero-order chi connectivity index (χ0) is 14.5. The first-order chi connectivity index (χ1) is 9.58. The molecule has 0 amide bonds. The maximum absolute atomic E-state index is 13.3. The Balaban J connectivity index is 2.08. The van der Waals surface area contributed by atoms with Crippen molar-refractivity contribution in [3.05, 3.63) is 64.4 Å². The molecule has 2 aromatic carbocycles. The van der Waals surface area contributed by atoms with Crippen molar-refractivity contribution < 1.29 is 4.39 Å². The second kappa shape index (κ2) is 6.76. The van der Waals surface area contributed by atoms with Crippen molar-refractivity contribution in [1.82, 2.24) is 0 Å². The van der Waals surface area contributed by atoms with E-state index in [1.54, 1.807) is 6.07 Å². The molecule has 0 heterocycles. The van der Waals surface area contributed by atoms with E-state index in [0.717, 1.165) is 12.8 Å². The molecule has 0 saturated carbocycles. The van der Waals surface area contributed by atoms with Gasteiger partial charge in [-0.1, -0.05) is 49.2 Å². The fourth-order valence-electron chi connectivity index (χ4n) is 2.23. The molecular formula is C17H19ClFN. The highest BCUT2D eigenvalue weighted by molar-refractivity contribution is 6.30. The van der Waals surface area contributed by atoms with E-state index in [-0.39, 0.29) is 11.9 Å². The van der Waals surface area contributed by atoms with Crippen LogP contribution in [0.4, 0.5) is 10.1 Å². The minimum absolute atomic E-state index is 0.101. The maximum Gasteiger partial charge on any atom is 0.126 e. The summed E-state index contributed by atoms with van der Waals surface area (Å²) in [5.41, 5.74) is 3.21. The average molecular weight is 292 g/mol. The number of hydrogen-bond acceptors (Lipinski definition) is 1.